The second kappa shape index (κ2) is 5.74. The summed E-state index contributed by atoms with van der Waals surface area (Å²) in [6.07, 6.45) is 7.56. The summed E-state index contributed by atoms with van der Waals surface area (Å²) >= 11 is 0. The molecule has 0 aromatic heterocycles. The molecular formula is C17H25NO2. The van der Waals surface area contributed by atoms with E-state index >= 15 is 0 Å². The van der Waals surface area contributed by atoms with E-state index in [2.05, 4.69) is 17.4 Å². The van der Waals surface area contributed by atoms with Crippen LogP contribution in [0.5, 0.6) is 5.75 Å². The maximum atomic E-state index is 10.3. The second-order valence-corrected chi connectivity index (χ2v) is 6.31. The number of aliphatic hydroxyl groups is 1. The van der Waals surface area contributed by atoms with Crippen LogP contribution in [-0.4, -0.2) is 24.4 Å². The number of rotatable bonds is 4. The quantitative estimate of drug-likeness (QED) is 0.887. The molecule has 0 amide bonds. The minimum absolute atomic E-state index is 0.432. The van der Waals surface area contributed by atoms with Crippen LogP contribution in [0.1, 0.15) is 55.7 Å². The van der Waals surface area contributed by atoms with E-state index in [0.29, 0.717) is 12.6 Å². The molecule has 1 saturated carbocycles. The highest BCUT2D eigenvalue weighted by atomic mass is 16.5. The normalized spacial score (nSPS) is 24.4. The molecule has 20 heavy (non-hydrogen) atoms. The third-order valence-electron chi connectivity index (χ3n) is 4.82. The Labute approximate surface area is 121 Å². The summed E-state index contributed by atoms with van der Waals surface area (Å²) in [5.41, 5.74) is 2.21. The Morgan fingerprint density at radius 1 is 1.30 bits per heavy atom. The van der Waals surface area contributed by atoms with Gasteiger partial charge in [-0.15, -0.1) is 0 Å². The van der Waals surface area contributed by atoms with Gasteiger partial charge in [-0.2, -0.15) is 0 Å². The Bertz CT molecular complexity index is 466. The average molecular weight is 275 g/mol. The van der Waals surface area contributed by atoms with Crippen LogP contribution < -0.4 is 10.1 Å². The van der Waals surface area contributed by atoms with Crippen molar-refractivity contribution in [1.29, 1.82) is 0 Å². The highest BCUT2D eigenvalue weighted by Crippen LogP contribution is 2.33. The van der Waals surface area contributed by atoms with Crippen molar-refractivity contribution in [2.24, 2.45) is 0 Å². The van der Waals surface area contributed by atoms with Crippen LogP contribution in [0.3, 0.4) is 0 Å². The van der Waals surface area contributed by atoms with Crippen molar-refractivity contribution in [2.45, 2.75) is 56.6 Å². The number of nitrogens with one attached hydrogen (secondary N) is 1. The standard InChI is InChI=1S/C17H25NO2/c1-18-16-6-4-5-13-11-14(7-8-15(13)16)20-12-17(19)9-2-3-10-17/h7-8,11,16,18-19H,2-6,9-10,12H2,1H3. The molecule has 1 unspecified atom stereocenters. The first-order valence-electron chi connectivity index (χ1n) is 7.85. The summed E-state index contributed by atoms with van der Waals surface area (Å²) in [5.74, 6) is 0.904. The Balaban J connectivity index is 1.69. The summed E-state index contributed by atoms with van der Waals surface area (Å²) in [4.78, 5) is 0. The van der Waals surface area contributed by atoms with Crippen molar-refractivity contribution >= 4 is 0 Å². The zero-order valence-electron chi connectivity index (χ0n) is 12.3. The molecule has 1 atom stereocenters. The summed E-state index contributed by atoms with van der Waals surface area (Å²) in [5, 5.41) is 13.7. The third kappa shape index (κ3) is 2.84. The fraction of sp³-hybridized carbons (Fsp3) is 0.647. The lowest BCUT2D eigenvalue weighted by Crippen LogP contribution is -2.32. The number of aryl methyl sites for hydroxylation is 1. The molecule has 0 aliphatic heterocycles. The van der Waals surface area contributed by atoms with Gasteiger partial charge in [0.2, 0.25) is 0 Å². The predicted octanol–water partition coefficient (Wildman–Crippen LogP) is 2.97. The maximum absolute atomic E-state index is 10.3. The van der Waals surface area contributed by atoms with Gasteiger partial charge in [-0.1, -0.05) is 18.9 Å². The average Bonchev–Trinajstić information content (AvgIpc) is 2.91. The van der Waals surface area contributed by atoms with Gasteiger partial charge in [-0.25, -0.2) is 0 Å². The van der Waals surface area contributed by atoms with Gasteiger partial charge in [0.15, 0.2) is 0 Å². The van der Waals surface area contributed by atoms with Crippen LogP contribution in [0.15, 0.2) is 18.2 Å². The Hall–Kier alpha value is -1.06. The number of ether oxygens (including phenoxy) is 1. The van der Waals surface area contributed by atoms with Crippen LogP contribution in [-0.2, 0) is 6.42 Å². The molecule has 0 radical (unpaired) electrons. The summed E-state index contributed by atoms with van der Waals surface area (Å²) in [6.45, 7) is 0.432. The molecule has 1 fully saturated rings. The zero-order valence-corrected chi connectivity index (χ0v) is 12.3. The monoisotopic (exact) mass is 275 g/mol. The van der Waals surface area contributed by atoms with Crippen LogP contribution >= 0.6 is 0 Å². The molecular weight excluding hydrogens is 250 g/mol. The zero-order chi connectivity index (χ0) is 14.0. The topological polar surface area (TPSA) is 41.5 Å². The first kappa shape index (κ1) is 13.9. The van der Waals surface area contributed by atoms with Crippen LogP contribution in [0.25, 0.3) is 0 Å². The van der Waals surface area contributed by atoms with Gasteiger partial charge in [0.05, 0.1) is 5.60 Å². The first-order chi connectivity index (χ1) is 9.70. The van der Waals surface area contributed by atoms with Crippen molar-refractivity contribution < 1.29 is 9.84 Å². The molecule has 3 nitrogen and oxygen atoms in total. The van der Waals surface area contributed by atoms with E-state index in [4.69, 9.17) is 4.74 Å². The lowest BCUT2D eigenvalue weighted by Gasteiger charge is -2.26. The molecule has 0 spiro atoms. The highest BCUT2D eigenvalue weighted by Gasteiger charge is 2.32. The van der Waals surface area contributed by atoms with Gasteiger partial charge in [0.1, 0.15) is 12.4 Å². The number of benzene rings is 1. The molecule has 2 aliphatic rings. The van der Waals surface area contributed by atoms with Gasteiger partial charge in [-0.05, 0) is 62.4 Å². The largest absolute Gasteiger partial charge is 0.491 e. The molecule has 0 saturated heterocycles. The van der Waals surface area contributed by atoms with Crippen molar-refractivity contribution in [3.63, 3.8) is 0 Å². The molecule has 2 N–H and O–H groups in total. The molecule has 1 aromatic rings. The second-order valence-electron chi connectivity index (χ2n) is 6.31. The van der Waals surface area contributed by atoms with Crippen molar-refractivity contribution in [3.8, 4) is 5.75 Å². The van der Waals surface area contributed by atoms with Crippen molar-refractivity contribution in [1.82, 2.24) is 5.32 Å². The van der Waals surface area contributed by atoms with E-state index in [9.17, 15) is 5.11 Å². The van der Waals surface area contributed by atoms with Gasteiger partial charge in [-0.3, -0.25) is 0 Å². The van der Waals surface area contributed by atoms with Crippen LogP contribution in [0, 0.1) is 0 Å². The fourth-order valence-corrected chi connectivity index (χ4v) is 3.58. The predicted molar refractivity (Wildman–Crippen MR) is 80.1 cm³/mol. The third-order valence-corrected chi connectivity index (χ3v) is 4.82. The van der Waals surface area contributed by atoms with Crippen molar-refractivity contribution in [3.05, 3.63) is 29.3 Å². The van der Waals surface area contributed by atoms with E-state index in [1.807, 2.05) is 13.1 Å². The molecule has 3 rings (SSSR count). The van der Waals surface area contributed by atoms with E-state index in [1.54, 1.807) is 0 Å². The van der Waals surface area contributed by atoms with Gasteiger partial charge in [0, 0.05) is 6.04 Å². The van der Waals surface area contributed by atoms with E-state index < -0.39 is 5.60 Å². The van der Waals surface area contributed by atoms with E-state index in [0.717, 1.165) is 37.9 Å². The highest BCUT2D eigenvalue weighted by molar-refractivity contribution is 5.39. The minimum Gasteiger partial charge on any atom is -0.491 e. The summed E-state index contributed by atoms with van der Waals surface area (Å²) in [6, 6.07) is 6.88. The van der Waals surface area contributed by atoms with Gasteiger partial charge in [0.25, 0.3) is 0 Å². The SMILES string of the molecule is CNC1CCCc2cc(OCC3(O)CCCC3)ccc21. The van der Waals surface area contributed by atoms with E-state index in [-0.39, 0.29) is 0 Å². The maximum Gasteiger partial charge on any atom is 0.119 e. The molecule has 2 aliphatic carbocycles. The number of hydrogen-bond donors (Lipinski definition) is 2. The Kier molecular flexibility index (Phi) is 3.99. The molecule has 110 valence electrons. The van der Waals surface area contributed by atoms with Crippen molar-refractivity contribution in [2.75, 3.05) is 13.7 Å². The summed E-state index contributed by atoms with van der Waals surface area (Å²) in [7, 11) is 2.03. The number of hydrogen-bond acceptors (Lipinski definition) is 3. The molecule has 0 heterocycles. The van der Waals surface area contributed by atoms with Gasteiger partial charge < -0.3 is 15.2 Å². The smallest absolute Gasteiger partial charge is 0.119 e. The molecule has 1 aromatic carbocycles. The lowest BCUT2D eigenvalue weighted by molar-refractivity contribution is 0.00137. The molecule has 3 heteroatoms. The lowest BCUT2D eigenvalue weighted by atomic mass is 9.87. The Morgan fingerprint density at radius 2 is 2.10 bits per heavy atom. The summed E-state index contributed by atoms with van der Waals surface area (Å²) < 4.78 is 5.86. The minimum atomic E-state index is -0.594. The number of fused-ring (bicyclic) bond motifs is 1. The first-order valence-corrected chi connectivity index (χ1v) is 7.85. The Morgan fingerprint density at radius 3 is 2.85 bits per heavy atom. The fourth-order valence-electron chi connectivity index (χ4n) is 3.58. The van der Waals surface area contributed by atoms with Crippen LogP contribution in [0.4, 0.5) is 0 Å². The van der Waals surface area contributed by atoms with Gasteiger partial charge >= 0.3 is 0 Å². The molecule has 0 bridgehead atoms. The van der Waals surface area contributed by atoms with E-state index in [1.165, 1.54) is 24.0 Å². The van der Waals surface area contributed by atoms with Crippen LogP contribution in [0.2, 0.25) is 0 Å².